The third-order valence-corrected chi connectivity index (χ3v) is 3.79. The summed E-state index contributed by atoms with van der Waals surface area (Å²) in [6.07, 6.45) is -7.79. The van der Waals surface area contributed by atoms with Gasteiger partial charge in [0.05, 0.1) is 7.11 Å². The van der Waals surface area contributed by atoms with E-state index in [1.165, 1.54) is 13.2 Å². The van der Waals surface area contributed by atoms with Crippen molar-refractivity contribution >= 4 is 0 Å². The summed E-state index contributed by atoms with van der Waals surface area (Å²) >= 11 is 0. The second kappa shape index (κ2) is 7.98. The zero-order chi connectivity index (χ0) is 17.7. The van der Waals surface area contributed by atoms with Crippen molar-refractivity contribution in [3.05, 3.63) is 23.8 Å². The van der Waals surface area contributed by atoms with Gasteiger partial charge in [0, 0.05) is 50.3 Å². The van der Waals surface area contributed by atoms with Crippen LogP contribution in [0.3, 0.4) is 0 Å². The molecule has 136 valence electrons. The Morgan fingerprint density at radius 3 is 2.42 bits per heavy atom. The molecule has 1 N–H and O–H groups in total. The molecule has 0 saturated carbocycles. The van der Waals surface area contributed by atoms with Crippen LogP contribution in [0.25, 0.3) is 0 Å². The number of alkyl halides is 5. The number of nitrogens with zero attached hydrogens (tertiary/aromatic N) is 1. The SMILES string of the molecule is COc1cc(OC(F)(F)F)ccc1[C@@H](CC(F)F)N1CCNCC1. The summed E-state index contributed by atoms with van der Waals surface area (Å²) in [6.45, 7) is 2.47. The van der Waals surface area contributed by atoms with Crippen LogP contribution in [0.1, 0.15) is 18.0 Å². The Morgan fingerprint density at radius 1 is 1.21 bits per heavy atom. The number of methoxy groups -OCH3 is 1. The van der Waals surface area contributed by atoms with Crippen molar-refractivity contribution < 1.29 is 31.4 Å². The summed E-state index contributed by atoms with van der Waals surface area (Å²) in [5.41, 5.74) is 0.425. The number of nitrogens with one attached hydrogen (secondary N) is 1. The molecule has 0 amide bonds. The van der Waals surface area contributed by atoms with Gasteiger partial charge in [0.15, 0.2) is 0 Å². The lowest BCUT2D eigenvalue weighted by molar-refractivity contribution is -0.274. The molecule has 1 fully saturated rings. The van der Waals surface area contributed by atoms with Crippen LogP contribution in [0.15, 0.2) is 18.2 Å². The van der Waals surface area contributed by atoms with Gasteiger partial charge in [-0.1, -0.05) is 6.07 Å². The van der Waals surface area contributed by atoms with Crippen molar-refractivity contribution in [3.63, 3.8) is 0 Å². The summed E-state index contributed by atoms with van der Waals surface area (Å²) in [6, 6.07) is 2.91. The first-order valence-electron chi connectivity index (χ1n) is 7.46. The van der Waals surface area contributed by atoms with E-state index in [4.69, 9.17) is 4.74 Å². The molecule has 1 aromatic carbocycles. The summed E-state index contributed by atoms with van der Waals surface area (Å²) in [7, 11) is 1.29. The standard InChI is InChI=1S/C15H19F5N2O2/c1-23-13-8-10(24-15(18,19)20)2-3-11(13)12(9-14(16)17)22-6-4-21-5-7-22/h2-3,8,12,14,21H,4-7,9H2,1H3/t12-/m1/s1. The third kappa shape index (κ3) is 5.20. The summed E-state index contributed by atoms with van der Waals surface area (Å²) in [5.74, 6) is -0.347. The number of rotatable bonds is 6. The van der Waals surface area contributed by atoms with Crippen molar-refractivity contribution in [2.45, 2.75) is 25.3 Å². The van der Waals surface area contributed by atoms with Crippen LogP contribution in [0.2, 0.25) is 0 Å². The Balaban J connectivity index is 2.30. The number of halogens is 5. The Morgan fingerprint density at radius 2 is 1.88 bits per heavy atom. The van der Waals surface area contributed by atoms with Gasteiger partial charge in [-0.05, 0) is 6.07 Å². The maximum Gasteiger partial charge on any atom is 0.573 e. The summed E-state index contributed by atoms with van der Waals surface area (Å²) < 4.78 is 72.0. The molecule has 1 saturated heterocycles. The highest BCUT2D eigenvalue weighted by molar-refractivity contribution is 5.42. The fraction of sp³-hybridized carbons (Fsp3) is 0.600. The fourth-order valence-electron chi connectivity index (χ4n) is 2.80. The van der Waals surface area contributed by atoms with Crippen molar-refractivity contribution in [1.29, 1.82) is 0 Å². The van der Waals surface area contributed by atoms with Gasteiger partial charge in [-0.3, -0.25) is 4.90 Å². The number of ether oxygens (including phenoxy) is 2. The average molecular weight is 354 g/mol. The van der Waals surface area contributed by atoms with E-state index in [0.29, 0.717) is 31.7 Å². The Kier molecular flexibility index (Phi) is 6.22. The smallest absolute Gasteiger partial charge is 0.496 e. The number of benzene rings is 1. The first-order valence-corrected chi connectivity index (χ1v) is 7.46. The minimum atomic E-state index is -4.83. The van der Waals surface area contributed by atoms with E-state index in [0.717, 1.165) is 12.1 Å². The minimum absolute atomic E-state index is 0.0981. The molecule has 24 heavy (non-hydrogen) atoms. The molecule has 1 atom stereocenters. The quantitative estimate of drug-likeness (QED) is 0.796. The van der Waals surface area contributed by atoms with Crippen LogP contribution >= 0.6 is 0 Å². The normalized spacial score (nSPS) is 17.8. The average Bonchev–Trinajstić information content (AvgIpc) is 2.52. The Bertz CT molecular complexity index is 533. The van der Waals surface area contributed by atoms with Crippen molar-refractivity contribution in [1.82, 2.24) is 10.2 Å². The van der Waals surface area contributed by atoms with Crippen LogP contribution in [-0.2, 0) is 0 Å². The molecule has 0 unspecified atom stereocenters. The lowest BCUT2D eigenvalue weighted by atomic mass is 10.00. The Hall–Kier alpha value is -1.61. The molecule has 0 aromatic heterocycles. The van der Waals surface area contributed by atoms with E-state index < -0.39 is 31.0 Å². The molecule has 0 radical (unpaired) electrons. The molecule has 1 heterocycles. The highest BCUT2D eigenvalue weighted by atomic mass is 19.4. The van der Waals surface area contributed by atoms with E-state index in [2.05, 4.69) is 10.1 Å². The molecule has 0 spiro atoms. The van der Waals surface area contributed by atoms with Crippen LogP contribution in [0.4, 0.5) is 22.0 Å². The first-order chi connectivity index (χ1) is 11.3. The lowest BCUT2D eigenvalue weighted by Gasteiger charge is -2.35. The molecule has 2 rings (SSSR count). The van der Waals surface area contributed by atoms with Gasteiger partial charge >= 0.3 is 6.36 Å². The van der Waals surface area contributed by atoms with Gasteiger partial charge in [-0.2, -0.15) is 0 Å². The van der Waals surface area contributed by atoms with E-state index >= 15 is 0 Å². The molecule has 1 aliphatic heterocycles. The van der Waals surface area contributed by atoms with E-state index in [9.17, 15) is 22.0 Å². The van der Waals surface area contributed by atoms with Crippen molar-refractivity contribution in [2.75, 3.05) is 33.3 Å². The van der Waals surface area contributed by atoms with E-state index in [1.54, 1.807) is 0 Å². The maximum atomic E-state index is 13.0. The molecule has 1 aromatic rings. The zero-order valence-electron chi connectivity index (χ0n) is 13.1. The summed E-state index contributed by atoms with van der Waals surface area (Å²) in [5, 5.41) is 3.13. The predicted molar refractivity (Wildman–Crippen MR) is 77.5 cm³/mol. The topological polar surface area (TPSA) is 33.7 Å². The van der Waals surface area contributed by atoms with Crippen LogP contribution in [-0.4, -0.2) is 51.0 Å². The molecule has 0 aliphatic carbocycles. The predicted octanol–water partition coefficient (Wildman–Crippen LogP) is 3.20. The number of hydrogen-bond acceptors (Lipinski definition) is 4. The van der Waals surface area contributed by atoms with Gasteiger partial charge in [0.25, 0.3) is 0 Å². The summed E-state index contributed by atoms with van der Waals surface area (Å²) in [4.78, 5) is 1.88. The minimum Gasteiger partial charge on any atom is -0.496 e. The zero-order valence-corrected chi connectivity index (χ0v) is 13.1. The van der Waals surface area contributed by atoms with Gasteiger partial charge in [0.2, 0.25) is 6.43 Å². The number of piperazine rings is 1. The Labute approximate surface area is 136 Å². The van der Waals surface area contributed by atoms with E-state index in [-0.39, 0.29) is 5.75 Å². The highest BCUT2D eigenvalue weighted by Crippen LogP contribution is 2.37. The van der Waals surface area contributed by atoms with Gasteiger partial charge < -0.3 is 14.8 Å². The molecular weight excluding hydrogens is 335 g/mol. The van der Waals surface area contributed by atoms with Gasteiger partial charge in [-0.15, -0.1) is 13.2 Å². The monoisotopic (exact) mass is 354 g/mol. The second-order valence-electron chi connectivity index (χ2n) is 5.38. The third-order valence-electron chi connectivity index (χ3n) is 3.79. The molecule has 9 heteroatoms. The molecular formula is C15H19F5N2O2. The molecule has 1 aliphatic rings. The molecule has 4 nitrogen and oxygen atoms in total. The van der Waals surface area contributed by atoms with Crippen LogP contribution in [0, 0.1) is 0 Å². The molecule has 0 bridgehead atoms. The van der Waals surface area contributed by atoms with E-state index in [1.807, 2.05) is 4.90 Å². The van der Waals surface area contributed by atoms with Crippen LogP contribution in [0.5, 0.6) is 11.5 Å². The van der Waals surface area contributed by atoms with Crippen molar-refractivity contribution in [3.8, 4) is 11.5 Å². The first kappa shape index (κ1) is 18.7. The fourth-order valence-corrected chi connectivity index (χ4v) is 2.80. The highest BCUT2D eigenvalue weighted by Gasteiger charge is 2.32. The van der Waals surface area contributed by atoms with Gasteiger partial charge in [-0.25, -0.2) is 8.78 Å². The van der Waals surface area contributed by atoms with Gasteiger partial charge in [0.1, 0.15) is 11.5 Å². The van der Waals surface area contributed by atoms with Crippen molar-refractivity contribution in [2.24, 2.45) is 0 Å². The lowest BCUT2D eigenvalue weighted by Crippen LogP contribution is -2.45. The van der Waals surface area contributed by atoms with Crippen LogP contribution < -0.4 is 14.8 Å². The number of hydrogen-bond donors (Lipinski definition) is 1. The largest absolute Gasteiger partial charge is 0.573 e. The second-order valence-corrected chi connectivity index (χ2v) is 5.38. The maximum absolute atomic E-state index is 13.0.